The maximum atomic E-state index is 13.1. The number of carbonyl (C=O) groups excluding carboxylic acids is 1. The van der Waals surface area contributed by atoms with Crippen molar-refractivity contribution in [2.75, 3.05) is 6.54 Å². The molecule has 1 aliphatic heterocycles. The van der Waals surface area contributed by atoms with Gasteiger partial charge in [-0.15, -0.1) is 0 Å². The maximum Gasteiger partial charge on any atom is 0.223 e. The molecule has 0 saturated carbocycles. The predicted molar refractivity (Wildman–Crippen MR) is 121 cm³/mol. The summed E-state index contributed by atoms with van der Waals surface area (Å²) in [7, 11) is 0. The molecule has 4 heterocycles. The molecule has 3 aromatic heterocycles. The van der Waals surface area contributed by atoms with Crippen LogP contribution < -0.4 is 0 Å². The maximum absolute atomic E-state index is 13.1. The molecular weight excluding hydrogens is 405 g/mol. The summed E-state index contributed by atoms with van der Waals surface area (Å²) in [5.74, 6) is 0.316. The molecular formula is C25H26FN5O. The zero-order valence-electron chi connectivity index (χ0n) is 18.0. The van der Waals surface area contributed by atoms with Crippen LogP contribution in [0.25, 0.3) is 22.2 Å². The standard InChI is InChI=1S/C25H26FN5O/c1-17-10-19(16-31(17)24(32)7-4-18-2-5-23(26)6-3-18)15-30-9-8-20-11-21(12-27-25(20)30)22-13-28-29-14-22/h2-3,5-6,8-9,11-14,17,19H,4,7,10,15-16H2,1H3,(H,28,29)/t17-,19+/m0/s1. The summed E-state index contributed by atoms with van der Waals surface area (Å²) in [4.78, 5) is 19.5. The van der Waals surface area contributed by atoms with E-state index >= 15 is 0 Å². The number of rotatable bonds is 6. The Hall–Kier alpha value is -3.48. The smallest absolute Gasteiger partial charge is 0.223 e. The fraction of sp³-hybridized carbons (Fsp3) is 0.320. The van der Waals surface area contributed by atoms with Gasteiger partial charge in [-0.05, 0) is 55.5 Å². The Morgan fingerprint density at radius 1 is 1.19 bits per heavy atom. The second-order valence-electron chi connectivity index (χ2n) is 8.72. The van der Waals surface area contributed by atoms with E-state index in [-0.39, 0.29) is 17.8 Å². The number of halogens is 1. The molecule has 1 aliphatic rings. The third-order valence-electron chi connectivity index (χ3n) is 6.41. The Balaban J connectivity index is 1.22. The second-order valence-corrected chi connectivity index (χ2v) is 8.72. The molecule has 0 unspecified atom stereocenters. The molecule has 2 atom stereocenters. The van der Waals surface area contributed by atoms with Gasteiger partial charge < -0.3 is 9.47 Å². The number of hydrogen-bond acceptors (Lipinski definition) is 3. The van der Waals surface area contributed by atoms with E-state index in [1.165, 1.54) is 12.1 Å². The van der Waals surface area contributed by atoms with Gasteiger partial charge in [-0.25, -0.2) is 9.37 Å². The quantitative estimate of drug-likeness (QED) is 0.491. The summed E-state index contributed by atoms with van der Waals surface area (Å²) in [5, 5.41) is 7.95. The molecule has 1 amide bonds. The van der Waals surface area contributed by atoms with Crippen LogP contribution in [-0.2, 0) is 17.8 Å². The monoisotopic (exact) mass is 431 g/mol. The first kappa shape index (κ1) is 20.4. The first-order chi connectivity index (χ1) is 15.6. The van der Waals surface area contributed by atoms with Gasteiger partial charge in [0.15, 0.2) is 0 Å². The van der Waals surface area contributed by atoms with E-state index in [1.54, 1.807) is 18.3 Å². The number of hydrogen-bond donors (Lipinski definition) is 1. The summed E-state index contributed by atoms with van der Waals surface area (Å²) in [6.07, 6.45) is 9.69. The molecule has 32 heavy (non-hydrogen) atoms. The van der Waals surface area contributed by atoms with Crippen molar-refractivity contribution in [3.63, 3.8) is 0 Å². The summed E-state index contributed by atoms with van der Waals surface area (Å²) in [5.41, 5.74) is 4.01. The number of amides is 1. The van der Waals surface area contributed by atoms with Gasteiger partial charge in [0, 0.05) is 60.7 Å². The first-order valence-electron chi connectivity index (χ1n) is 11.0. The average Bonchev–Trinajstić information content (AvgIpc) is 3.54. The molecule has 4 aromatic rings. The van der Waals surface area contributed by atoms with Crippen LogP contribution in [0.2, 0.25) is 0 Å². The third kappa shape index (κ3) is 4.15. The van der Waals surface area contributed by atoms with Crippen molar-refractivity contribution in [2.45, 2.75) is 38.8 Å². The summed E-state index contributed by atoms with van der Waals surface area (Å²) < 4.78 is 15.3. The number of aromatic nitrogens is 4. The molecule has 0 aliphatic carbocycles. The Kier molecular flexibility index (Phi) is 5.47. The van der Waals surface area contributed by atoms with Gasteiger partial charge in [0.05, 0.1) is 6.20 Å². The van der Waals surface area contributed by atoms with Gasteiger partial charge in [0.2, 0.25) is 5.91 Å². The number of aromatic amines is 1. The second kappa shape index (κ2) is 8.57. The molecule has 7 heteroatoms. The molecule has 1 fully saturated rings. The van der Waals surface area contributed by atoms with Gasteiger partial charge >= 0.3 is 0 Å². The Morgan fingerprint density at radius 3 is 2.81 bits per heavy atom. The summed E-state index contributed by atoms with van der Waals surface area (Å²) >= 11 is 0. The Morgan fingerprint density at radius 2 is 2.03 bits per heavy atom. The topological polar surface area (TPSA) is 66.8 Å². The summed E-state index contributed by atoms with van der Waals surface area (Å²) in [6, 6.07) is 10.8. The number of nitrogens with one attached hydrogen (secondary N) is 1. The SMILES string of the molecule is C[C@H]1C[C@H](Cn2ccc3cc(-c4cn[nH]c4)cnc32)CN1C(=O)CCc1ccc(F)cc1. The van der Waals surface area contributed by atoms with E-state index in [9.17, 15) is 9.18 Å². The van der Waals surface area contributed by atoms with Crippen LogP contribution in [0.3, 0.4) is 0 Å². The number of benzene rings is 1. The highest BCUT2D eigenvalue weighted by molar-refractivity contribution is 5.81. The minimum absolute atomic E-state index is 0.171. The lowest BCUT2D eigenvalue weighted by atomic mass is 10.1. The van der Waals surface area contributed by atoms with Crippen LogP contribution in [0.5, 0.6) is 0 Å². The average molecular weight is 432 g/mol. The highest BCUT2D eigenvalue weighted by Crippen LogP contribution is 2.28. The molecule has 1 aromatic carbocycles. The zero-order chi connectivity index (χ0) is 22.1. The number of H-pyrrole nitrogens is 1. The number of nitrogens with zero attached hydrogens (tertiary/aromatic N) is 4. The van der Waals surface area contributed by atoms with Crippen molar-refractivity contribution in [3.8, 4) is 11.1 Å². The molecule has 0 radical (unpaired) electrons. The normalized spacial score (nSPS) is 18.5. The zero-order valence-corrected chi connectivity index (χ0v) is 18.0. The minimum atomic E-state index is -0.249. The highest BCUT2D eigenvalue weighted by Gasteiger charge is 2.32. The Bertz CT molecular complexity index is 1220. The fourth-order valence-corrected chi connectivity index (χ4v) is 4.74. The molecule has 0 spiro atoms. The Labute approximate surface area is 186 Å². The van der Waals surface area contributed by atoms with Crippen molar-refractivity contribution in [2.24, 2.45) is 5.92 Å². The number of aryl methyl sites for hydroxylation is 1. The molecule has 0 bridgehead atoms. The van der Waals surface area contributed by atoms with Crippen LogP contribution >= 0.6 is 0 Å². The molecule has 1 N–H and O–H groups in total. The van der Waals surface area contributed by atoms with Gasteiger partial charge in [-0.3, -0.25) is 9.89 Å². The van der Waals surface area contributed by atoms with Crippen LogP contribution in [0.1, 0.15) is 25.3 Å². The third-order valence-corrected chi connectivity index (χ3v) is 6.41. The number of pyridine rings is 1. The van der Waals surface area contributed by atoms with E-state index in [0.29, 0.717) is 18.8 Å². The first-order valence-corrected chi connectivity index (χ1v) is 11.0. The van der Waals surface area contributed by atoms with Crippen molar-refractivity contribution in [1.82, 2.24) is 24.6 Å². The lowest BCUT2D eigenvalue weighted by Crippen LogP contribution is -2.34. The van der Waals surface area contributed by atoms with Crippen LogP contribution in [0, 0.1) is 11.7 Å². The largest absolute Gasteiger partial charge is 0.340 e. The lowest BCUT2D eigenvalue weighted by Gasteiger charge is -2.21. The minimum Gasteiger partial charge on any atom is -0.340 e. The number of fused-ring (bicyclic) bond motifs is 1. The molecule has 6 nitrogen and oxygen atoms in total. The molecule has 5 rings (SSSR count). The van der Waals surface area contributed by atoms with Crippen molar-refractivity contribution >= 4 is 16.9 Å². The van der Waals surface area contributed by atoms with Crippen LogP contribution in [0.15, 0.2) is 61.2 Å². The van der Waals surface area contributed by atoms with Crippen molar-refractivity contribution in [1.29, 1.82) is 0 Å². The van der Waals surface area contributed by atoms with E-state index < -0.39 is 0 Å². The van der Waals surface area contributed by atoms with E-state index in [2.05, 4.69) is 40.0 Å². The predicted octanol–water partition coefficient (Wildman–Crippen LogP) is 4.44. The van der Waals surface area contributed by atoms with Crippen LogP contribution in [-0.4, -0.2) is 43.1 Å². The lowest BCUT2D eigenvalue weighted by molar-refractivity contribution is -0.131. The van der Waals surface area contributed by atoms with Gasteiger partial charge in [-0.1, -0.05) is 12.1 Å². The summed E-state index contributed by atoms with van der Waals surface area (Å²) in [6.45, 7) is 3.73. The number of carbonyl (C=O) groups is 1. The highest BCUT2D eigenvalue weighted by atomic mass is 19.1. The van der Waals surface area contributed by atoms with Crippen molar-refractivity contribution < 1.29 is 9.18 Å². The van der Waals surface area contributed by atoms with Crippen LogP contribution in [0.4, 0.5) is 4.39 Å². The molecule has 164 valence electrons. The van der Waals surface area contributed by atoms with Gasteiger partial charge in [-0.2, -0.15) is 5.10 Å². The van der Waals surface area contributed by atoms with E-state index in [1.807, 2.05) is 17.3 Å². The molecule has 1 saturated heterocycles. The van der Waals surface area contributed by atoms with Gasteiger partial charge in [0.25, 0.3) is 0 Å². The number of likely N-dealkylation sites (tertiary alicyclic amines) is 1. The van der Waals surface area contributed by atoms with Crippen molar-refractivity contribution in [3.05, 3.63) is 72.6 Å². The van der Waals surface area contributed by atoms with E-state index in [0.717, 1.165) is 47.2 Å². The fourth-order valence-electron chi connectivity index (χ4n) is 4.74. The van der Waals surface area contributed by atoms with Gasteiger partial charge in [0.1, 0.15) is 11.5 Å². The van der Waals surface area contributed by atoms with E-state index in [4.69, 9.17) is 4.98 Å².